The first-order valence-electron chi connectivity index (χ1n) is 9.26. The van der Waals surface area contributed by atoms with Gasteiger partial charge in [0.1, 0.15) is 5.82 Å². The topological polar surface area (TPSA) is 149 Å². The van der Waals surface area contributed by atoms with Crippen molar-refractivity contribution in [2.24, 2.45) is 0 Å². The van der Waals surface area contributed by atoms with Crippen molar-refractivity contribution in [3.8, 4) is 0 Å². The number of carbonyl (C=O) groups is 1. The molecule has 33 heavy (non-hydrogen) atoms. The maximum absolute atomic E-state index is 13.2. The Morgan fingerprint density at radius 1 is 1.00 bits per heavy atom. The predicted molar refractivity (Wildman–Crippen MR) is 110 cm³/mol. The van der Waals surface area contributed by atoms with Crippen LogP contribution in [0.25, 0.3) is 0 Å². The number of hydrogen-bond donors (Lipinski definition) is 3. The number of hydrogen-bond acceptors (Lipinski definition) is 9. The van der Waals surface area contributed by atoms with E-state index < -0.39 is 38.3 Å². The van der Waals surface area contributed by atoms with Crippen LogP contribution in [0.15, 0.2) is 47.4 Å². The number of benzene rings is 2. The van der Waals surface area contributed by atoms with E-state index in [4.69, 9.17) is 10.5 Å². The summed E-state index contributed by atoms with van der Waals surface area (Å²) >= 11 is 0. The maximum Gasteiger partial charge on any atom is 0.307 e. The average Bonchev–Trinajstić information content (AvgIpc) is 2.75. The molecule has 174 valence electrons. The smallest absolute Gasteiger partial charge is 0.307 e. The number of sulfonamides is 1. The van der Waals surface area contributed by atoms with Gasteiger partial charge in [0.25, 0.3) is 0 Å². The molecule has 0 unspecified atom stereocenters. The van der Waals surface area contributed by atoms with E-state index in [-0.39, 0.29) is 37.3 Å². The lowest BCUT2D eigenvalue weighted by atomic mass is 10.3. The Hall–Kier alpha value is -3.78. The highest BCUT2D eigenvalue weighted by atomic mass is 32.2. The molecule has 3 aromatic rings. The number of nitrogens with two attached hydrogens (primary N) is 1. The Balaban J connectivity index is 1.51. The highest BCUT2D eigenvalue weighted by Crippen LogP contribution is 2.15. The van der Waals surface area contributed by atoms with Gasteiger partial charge in [0.05, 0.1) is 11.3 Å². The molecule has 0 radical (unpaired) electrons. The number of carbonyl (C=O) groups excluding carboxylic acids is 1. The molecular formula is C19H17F3N6O4S. The summed E-state index contributed by atoms with van der Waals surface area (Å²) in [5.74, 6) is -3.80. The average molecular weight is 482 g/mol. The van der Waals surface area contributed by atoms with Gasteiger partial charge in [-0.15, -0.1) is 0 Å². The maximum atomic E-state index is 13.2. The quantitative estimate of drug-likeness (QED) is 0.389. The van der Waals surface area contributed by atoms with Gasteiger partial charge in [0, 0.05) is 12.2 Å². The minimum Gasteiger partial charge on any atom is -0.457 e. The van der Waals surface area contributed by atoms with Crippen molar-refractivity contribution in [1.29, 1.82) is 0 Å². The summed E-state index contributed by atoms with van der Waals surface area (Å²) in [6.45, 7) is -0.726. The van der Waals surface area contributed by atoms with Crippen molar-refractivity contribution in [2.75, 3.05) is 17.6 Å². The van der Waals surface area contributed by atoms with Gasteiger partial charge in [-0.3, -0.25) is 4.79 Å². The molecule has 0 spiro atoms. The molecule has 1 aromatic heterocycles. The number of anilines is 3. The molecule has 4 N–H and O–H groups in total. The lowest BCUT2D eigenvalue weighted by molar-refractivity contribution is -0.145. The zero-order valence-corrected chi connectivity index (χ0v) is 17.6. The van der Waals surface area contributed by atoms with Crippen LogP contribution < -0.4 is 15.8 Å². The Morgan fingerprint density at radius 2 is 1.73 bits per heavy atom. The van der Waals surface area contributed by atoms with Crippen LogP contribution in [0.1, 0.15) is 12.2 Å². The first-order chi connectivity index (χ1) is 15.6. The van der Waals surface area contributed by atoms with Crippen LogP contribution in [-0.4, -0.2) is 35.9 Å². The SMILES string of the molecule is Nc1nc(COC(=O)CCNS(=O)(=O)c2ccc(F)c(F)c2)nc(Nc2ccc(F)cc2)n1. The van der Waals surface area contributed by atoms with Crippen molar-refractivity contribution >= 4 is 33.6 Å². The molecule has 0 fully saturated rings. The highest BCUT2D eigenvalue weighted by molar-refractivity contribution is 7.89. The number of nitrogen functional groups attached to an aromatic ring is 1. The molecular weight excluding hydrogens is 465 g/mol. The fraction of sp³-hybridized carbons (Fsp3) is 0.158. The zero-order chi connectivity index (χ0) is 24.0. The standard InChI is InChI=1S/C19H17F3N6O4S/c20-11-1-3-12(4-2-11)25-19-27-16(26-18(23)28-19)10-32-17(29)7-8-24-33(30,31)13-5-6-14(21)15(22)9-13/h1-6,9,24H,7-8,10H2,(H3,23,25,26,27,28). The first-order valence-corrected chi connectivity index (χ1v) is 10.7. The molecule has 0 aliphatic carbocycles. The summed E-state index contributed by atoms with van der Waals surface area (Å²) < 4.78 is 70.4. The van der Waals surface area contributed by atoms with Crippen LogP contribution in [0, 0.1) is 17.5 Å². The Morgan fingerprint density at radius 3 is 2.42 bits per heavy atom. The second-order valence-corrected chi connectivity index (χ2v) is 8.22. The van der Waals surface area contributed by atoms with Gasteiger partial charge in [-0.25, -0.2) is 26.3 Å². The van der Waals surface area contributed by atoms with E-state index in [1.54, 1.807) is 0 Å². The monoisotopic (exact) mass is 482 g/mol. The summed E-state index contributed by atoms with van der Waals surface area (Å²) in [5, 5.41) is 2.80. The van der Waals surface area contributed by atoms with E-state index >= 15 is 0 Å². The third kappa shape index (κ3) is 6.85. The molecule has 0 aliphatic heterocycles. The van der Waals surface area contributed by atoms with E-state index in [0.717, 1.165) is 6.07 Å². The molecule has 2 aromatic carbocycles. The number of aromatic nitrogens is 3. The van der Waals surface area contributed by atoms with Crippen molar-refractivity contribution in [3.63, 3.8) is 0 Å². The Kier molecular flexibility index (Phi) is 7.40. The van der Waals surface area contributed by atoms with E-state index in [2.05, 4.69) is 25.0 Å². The van der Waals surface area contributed by atoms with Crippen molar-refractivity contribution < 1.29 is 31.1 Å². The van der Waals surface area contributed by atoms with Gasteiger partial charge in [0.15, 0.2) is 24.1 Å². The molecule has 10 nitrogen and oxygen atoms in total. The van der Waals surface area contributed by atoms with E-state index in [9.17, 15) is 26.4 Å². The Labute approximate surface area is 186 Å². The number of rotatable bonds is 9. The summed E-state index contributed by atoms with van der Waals surface area (Å²) in [4.78, 5) is 23.2. The van der Waals surface area contributed by atoms with E-state index in [0.29, 0.717) is 17.8 Å². The minimum atomic E-state index is -4.15. The number of ether oxygens (including phenoxy) is 1. The second kappa shape index (κ2) is 10.2. The van der Waals surface area contributed by atoms with Gasteiger partial charge >= 0.3 is 5.97 Å². The van der Waals surface area contributed by atoms with Crippen molar-refractivity contribution in [1.82, 2.24) is 19.7 Å². The third-order valence-electron chi connectivity index (χ3n) is 3.98. The largest absolute Gasteiger partial charge is 0.457 e. The Bertz CT molecular complexity index is 1260. The predicted octanol–water partition coefficient (Wildman–Crippen LogP) is 2.03. The summed E-state index contributed by atoms with van der Waals surface area (Å²) in [6, 6.07) is 7.47. The van der Waals surface area contributed by atoms with E-state index in [1.165, 1.54) is 24.3 Å². The van der Waals surface area contributed by atoms with Gasteiger partial charge in [0.2, 0.25) is 21.9 Å². The molecule has 0 saturated heterocycles. The zero-order valence-electron chi connectivity index (χ0n) is 16.8. The summed E-state index contributed by atoms with van der Waals surface area (Å²) in [6.07, 6.45) is -0.357. The highest BCUT2D eigenvalue weighted by Gasteiger charge is 2.17. The van der Waals surface area contributed by atoms with Crippen LogP contribution in [-0.2, 0) is 26.2 Å². The number of nitrogens with zero attached hydrogens (tertiary/aromatic N) is 3. The number of esters is 1. The van der Waals surface area contributed by atoms with E-state index in [1.807, 2.05) is 0 Å². The van der Waals surface area contributed by atoms with Gasteiger partial charge in [-0.1, -0.05) is 0 Å². The molecule has 0 bridgehead atoms. The van der Waals surface area contributed by atoms with Crippen LogP contribution in [0.2, 0.25) is 0 Å². The molecule has 0 aliphatic rings. The van der Waals surface area contributed by atoms with Crippen molar-refractivity contribution in [3.05, 3.63) is 65.7 Å². The van der Waals surface area contributed by atoms with Crippen LogP contribution in [0.5, 0.6) is 0 Å². The fourth-order valence-corrected chi connectivity index (χ4v) is 3.50. The molecule has 0 atom stereocenters. The van der Waals surface area contributed by atoms with Crippen LogP contribution in [0.3, 0.4) is 0 Å². The van der Waals surface area contributed by atoms with Gasteiger partial charge < -0.3 is 15.8 Å². The summed E-state index contributed by atoms with van der Waals surface area (Å²) in [7, 11) is -4.15. The number of halogens is 3. The van der Waals surface area contributed by atoms with Crippen LogP contribution >= 0.6 is 0 Å². The van der Waals surface area contributed by atoms with Gasteiger partial charge in [-0.2, -0.15) is 15.0 Å². The second-order valence-electron chi connectivity index (χ2n) is 6.45. The summed E-state index contributed by atoms with van der Waals surface area (Å²) in [5.41, 5.74) is 6.10. The fourth-order valence-electron chi connectivity index (χ4n) is 2.45. The first kappa shape index (κ1) is 23.9. The molecule has 3 rings (SSSR count). The minimum absolute atomic E-state index is 0.0165. The van der Waals surface area contributed by atoms with Gasteiger partial charge in [-0.05, 0) is 42.5 Å². The lowest BCUT2D eigenvalue weighted by Gasteiger charge is -2.09. The normalized spacial score (nSPS) is 11.2. The molecule has 14 heteroatoms. The third-order valence-corrected chi connectivity index (χ3v) is 5.44. The number of nitrogens with one attached hydrogen (secondary N) is 2. The molecule has 1 heterocycles. The van der Waals surface area contributed by atoms with Crippen molar-refractivity contribution in [2.45, 2.75) is 17.9 Å². The molecule has 0 amide bonds. The lowest BCUT2D eigenvalue weighted by Crippen LogP contribution is -2.27. The molecule has 0 saturated carbocycles. The van der Waals surface area contributed by atoms with Crippen LogP contribution in [0.4, 0.5) is 30.8 Å².